The molecule has 1 aromatic rings. The van der Waals surface area contributed by atoms with Crippen molar-refractivity contribution in [2.75, 3.05) is 25.6 Å². The van der Waals surface area contributed by atoms with Crippen LogP contribution in [0.1, 0.15) is 0 Å². The first-order valence-electron chi connectivity index (χ1n) is 5.20. The maximum atomic E-state index is 13.2. The van der Waals surface area contributed by atoms with E-state index in [1.54, 1.807) is 6.07 Å². The quantitative estimate of drug-likeness (QED) is 0.773. The Hall–Kier alpha value is -1.18. The van der Waals surface area contributed by atoms with Crippen molar-refractivity contribution >= 4 is 27.6 Å². The van der Waals surface area contributed by atoms with E-state index in [0.717, 1.165) is 0 Å². The van der Waals surface area contributed by atoms with Crippen LogP contribution in [0.25, 0.3) is 0 Å². The standard InChI is InChI=1S/C11H14BrFN2O3/c1-18-6-8(16)5-14-11(17)15-7-2-3-9(12)10(13)4-7/h2-4,8,16H,5-6H2,1H3,(H2,14,15,17)/t8-/m0/s1. The summed E-state index contributed by atoms with van der Waals surface area (Å²) in [5, 5.41) is 14.2. The molecule has 5 nitrogen and oxygen atoms in total. The van der Waals surface area contributed by atoms with Crippen LogP contribution < -0.4 is 10.6 Å². The number of halogens is 2. The van der Waals surface area contributed by atoms with E-state index >= 15 is 0 Å². The van der Waals surface area contributed by atoms with Crippen LogP contribution in [0.5, 0.6) is 0 Å². The second-order valence-corrected chi connectivity index (χ2v) is 4.43. The average Bonchev–Trinajstić information content (AvgIpc) is 2.32. The first-order chi connectivity index (χ1) is 8.52. The Labute approximate surface area is 112 Å². The summed E-state index contributed by atoms with van der Waals surface area (Å²) in [4.78, 5) is 11.4. The molecule has 3 N–H and O–H groups in total. The SMILES string of the molecule is COC[C@@H](O)CNC(=O)Nc1ccc(Br)c(F)c1. The molecule has 2 amide bonds. The van der Waals surface area contributed by atoms with Crippen LogP contribution >= 0.6 is 15.9 Å². The number of rotatable bonds is 5. The molecule has 0 aliphatic heterocycles. The maximum absolute atomic E-state index is 13.2. The molecule has 0 unspecified atom stereocenters. The minimum atomic E-state index is -0.776. The Balaban J connectivity index is 2.42. The van der Waals surface area contributed by atoms with Gasteiger partial charge in [0.2, 0.25) is 0 Å². The lowest BCUT2D eigenvalue weighted by atomic mass is 10.3. The molecule has 1 rings (SSSR count). The summed E-state index contributed by atoms with van der Waals surface area (Å²) in [7, 11) is 1.45. The number of methoxy groups -OCH3 is 1. The van der Waals surface area contributed by atoms with Gasteiger partial charge >= 0.3 is 6.03 Å². The molecular formula is C11H14BrFN2O3. The van der Waals surface area contributed by atoms with E-state index in [9.17, 15) is 14.3 Å². The van der Waals surface area contributed by atoms with Gasteiger partial charge in [-0.2, -0.15) is 0 Å². The number of hydrogen-bond donors (Lipinski definition) is 3. The molecule has 100 valence electrons. The van der Waals surface area contributed by atoms with Gasteiger partial charge in [0.15, 0.2) is 0 Å². The van der Waals surface area contributed by atoms with Crippen molar-refractivity contribution in [1.82, 2.24) is 5.32 Å². The summed E-state index contributed by atoms with van der Waals surface area (Å²) in [5.74, 6) is -0.466. The molecular weight excluding hydrogens is 307 g/mol. The minimum absolute atomic E-state index is 0.0542. The second kappa shape index (κ2) is 7.30. The first-order valence-corrected chi connectivity index (χ1v) is 5.99. The normalized spacial score (nSPS) is 12.0. The van der Waals surface area contributed by atoms with Crippen LogP contribution in [0, 0.1) is 5.82 Å². The maximum Gasteiger partial charge on any atom is 0.319 e. The van der Waals surface area contributed by atoms with Gasteiger partial charge in [0, 0.05) is 19.3 Å². The van der Waals surface area contributed by atoms with Gasteiger partial charge in [0.05, 0.1) is 17.2 Å². The number of benzene rings is 1. The van der Waals surface area contributed by atoms with Crippen molar-refractivity contribution < 1.29 is 19.0 Å². The number of aliphatic hydroxyl groups excluding tert-OH is 1. The van der Waals surface area contributed by atoms with Crippen LogP contribution in [0.2, 0.25) is 0 Å². The predicted octanol–water partition coefficient (Wildman–Crippen LogP) is 1.72. The molecule has 0 saturated heterocycles. The summed E-state index contributed by atoms with van der Waals surface area (Å²) in [6.07, 6.45) is -0.776. The number of anilines is 1. The van der Waals surface area contributed by atoms with Gasteiger partial charge in [-0.05, 0) is 34.1 Å². The Morgan fingerprint density at radius 3 is 2.94 bits per heavy atom. The van der Waals surface area contributed by atoms with Crippen LogP contribution in [0.4, 0.5) is 14.9 Å². The van der Waals surface area contributed by atoms with Gasteiger partial charge in [0.1, 0.15) is 5.82 Å². The molecule has 1 aromatic carbocycles. The van der Waals surface area contributed by atoms with Crippen LogP contribution in [0.3, 0.4) is 0 Å². The number of hydrogen-bond acceptors (Lipinski definition) is 3. The van der Waals surface area contributed by atoms with Crippen molar-refractivity contribution in [3.8, 4) is 0 Å². The van der Waals surface area contributed by atoms with Crippen molar-refractivity contribution in [2.24, 2.45) is 0 Å². The lowest BCUT2D eigenvalue weighted by molar-refractivity contribution is 0.0663. The van der Waals surface area contributed by atoms with E-state index in [1.165, 1.54) is 19.2 Å². The largest absolute Gasteiger partial charge is 0.389 e. The van der Waals surface area contributed by atoms with Crippen LogP contribution in [-0.2, 0) is 4.74 Å². The van der Waals surface area contributed by atoms with Crippen molar-refractivity contribution in [1.29, 1.82) is 0 Å². The summed E-state index contributed by atoms with van der Waals surface area (Å²) >= 11 is 3.01. The van der Waals surface area contributed by atoms with E-state index < -0.39 is 18.0 Å². The fraction of sp³-hybridized carbons (Fsp3) is 0.364. The van der Waals surface area contributed by atoms with Crippen molar-refractivity contribution in [3.63, 3.8) is 0 Å². The number of carbonyl (C=O) groups excluding carboxylic acids is 1. The molecule has 18 heavy (non-hydrogen) atoms. The monoisotopic (exact) mass is 320 g/mol. The zero-order valence-corrected chi connectivity index (χ0v) is 11.3. The third-order valence-electron chi connectivity index (χ3n) is 2.03. The van der Waals surface area contributed by atoms with E-state index in [4.69, 9.17) is 4.74 Å². The third kappa shape index (κ3) is 4.99. The number of aliphatic hydroxyl groups is 1. The molecule has 0 aliphatic rings. The predicted molar refractivity (Wildman–Crippen MR) is 69.0 cm³/mol. The number of carbonyl (C=O) groups is 1. The highest BCUT2D eigenvalue weighted by molar-refractivity contribution is 9.10. The molecule has 0 heterocycles. The Morgan fingerprint density at radius 1 is 1.61 bits per heavy atom. The van der Waals surface area contributed by atoms with Gasteiger partial charge in [-0.3, -0.25) is 0 Å². The Kier molecular flexibility index (Phi) is 6.03. The second-order valence-electron chi connectivity index (χ2n) is 3.57. The summed E-state index contributed by atoms with van der Waals surface area (Å²) in [6, 6.07) is 3.71. The zero-order chi connectivity index (χ0) is 13.5. The van der Waals surface area contributed by atoms with Gasteiger partial charge in [-0.1, -0.05) is 0 Å². The lowest BCUT2D eigenvalue weighted by Gasteiger charge is -2.11. The topological polar surface area (TPSA) is 70.6 Å². The number of amides is 2. The molecule has 7 heteroatoms. The van der Waals surface area contributed by atoms with E-state index in [2.05, 4.69) is 26.6 Å². The number of urea groups is 1. The molecule has 0 aliphatic carbocycles. The molecule has 1 atom stereocenters. The third-order valence-corrected chi connectivity index (χ3v) is 2.68. The highest BCUT2D eigenvalue weighted by Gasteiger charge is 2.07. The average molecular weight is 321 g/mol. The van der Waals surface area contributed by atoms with Crippen molar-refractivity contribution in [2.45, 2.75) is 6.10 Å². The fourth-order valence-corrected chi connectivity index (χ4v) is 1.46. The summed E-state index contributed by atoms with van der Waals surface area (Å²) in [6.45, 7) is 0.186. The van der Waals surface area contributed by atoms with Crippen molar-refractivity contribution in [3.05, 3.63) is 28.5 Å². The molecule has 0 aromatic heterocycles. The summed E-state index contributed by atoms with van der Waals surface area (Å²) < 4.78 is 18.2. The summed E-state index contributed by atoms with van der Waals surface area (Å²) in [5.41, 5.74) is 0.328. The van der Waals surface area contributed by atoms with Gasteiger partial charge in [-0.25, -0.2) is 9.18 Å². The highest BCUT2D eigenvalue weighted by Crippen LogP contribution is 2.19. The zero-order valence-electron chi connectivity index (χ0n) is 9.74. The van der Waals surface area contributed by atoms with Gasteiger partial charge < -0.3 is 20.5 Å². The molecule has 0 fully saturated rings. The Bertz CT molecular complexity index is 417. The fourth-order valence-electron chi connectivity index (χ4n) is 1.21. The van der Waals surface area contributed by atoms with E-state index in [0.29, 0.717) is 10.2 Å². The number of ether oxygens (including phenoxy) is 1. The Morgan fingerprint density at radius 2 is 2.33 bits per heavy atom. The highest BCUT2D eigenvalue weighted by atomic mass is 79.9. The van der Waals surface area contributed by atoms with E-state index in [1.807, 2.05) is 0 Å². The smallest absolute Gasteiger partial charge is 0.319 e. The van der Waals surface area contributed by atoms with Crippen LogP contribution in [-0.4, -0.2) is 37.5 Å². The van der Waals surface area contributed by atoms with E-state index in [-0.39, 0.29) is 13.2 Å². The first kappa shape index (κ1) is 14.9. The lowest BCUT2D eigenvalue weighted by Crippen LogP contribution is -2.37. The molecule has 0 radical (unpaired) electrons. The molecule has 0 bridgehead atoms. The van der Waals surface area contributed by atoms with Crippen LogP contribution in [0.15, 0.2) is 22.7 Å². The molecule has 0 spiro atoms. The molecule has 0 saturated carbocycles. The minimum Gasteiger partial charge on any atom is -0.389 e. The van der Waals surface area contributed by atoms with Gasteiger partial charge in [0.25, 0.3) is 0 Å². The van der Waals surface area contributed by atoms with Gasteiger partial charge in [-0.15, -0.1) is 0 Å². The number of nitrogens with one attached hydrogen (secondary N) is 2.